The van der Waals surface area contributed by atoms with Crippen molar-refractivity contribution in [3.05, 3.63) is 30.3 Å². The SMILES string of the molecule is CCC1CCN(C(=O)C2(Oc3ccccc3)CCCC(CC(C)C)C2)CC1. The van der Waals surface area contributed by atoms with E-state index in [4.69, 9.17) is 4.74 Å². The maximum atomic E-state index is 13.7. The Kier molecular flexibility index (Phi) is 6.83. The van der Waals surface area contributed by atoms with E-state index in [0.717, 1.165) is 56.9 Å². The molecule has 0 bridgehead atoms. The highest BCUT2D eigenvalue weighted by molar-refractivity contribution is 5.86. The average Bonchev–Trinajstić information content (AvgIpc) is 2.68. The van der Waals surface area contributed by atoms with E-state index in [9.17, 15) is 4.79 Å². The van der Waals surface area contributed by atoms with E-state index in [1.807, 2.05) is 30.3 Å². The molecule has 1 aromatic rings. The van der Waals surface area contributed by atoms with Gasteiger partial charge in [-0.25, -0.2) is 0 Å². The van der Waals surface area contributed by atoms with Gasteiger partial charge in [-0.3, -0.25) is 4.79 Å². The lowest BCUT2D eigenvalue weighted by atomic mass is 9.74. The molecule has 27 heavy (non-hydrogen) atoms. The van der Waals surface area contributed by atoms with Gasteiger partial charge in [-0.05, 0) is 68.4 Å². The van der Waals surface area contributed by atoms with E-state index < -0.39 is 5.60 Å². The van der Waals surface area contributed by atoms with Gasteiger partial charge < -0.3 is 9.64 Å². The van der Waals surface area contributed by atoms with E-state index in [2.05, 4.69) is 25.7 Å². The standard InChI is InChI=1S/C24H37NO2/c1-4-20-12-15-25(16-13-20)23(26)24(27-22-10-6-5-7-11-22)14-8-9-21(18-24)17-19(2)3/h5-7,10-11,19-21H,4,8-9,12-18H2,1-3H3. The summed E-state index contributed by atoms with van der Waals surface area (Å²) < 4.78 is 6.53. The van der Waals surface area contributed by atoms with Crippen molar-refractivity contribution in [1.82, 2.24) is 4.90 Å². The van der Waals surface area contributed by atoms with Gasteiger partial charge in [0.25, 0.3) is 5.91 Å². The molecule has 2 atom stereocenters. The lowest BCUT2D eigenvalue weighted by molar-refractivity contribution is -0.154. The number of carbonyl (C=O) groups excluding carboxylic acids is 1. The molecule has 2 fully saturated rings. The van der Waals surface area contributed by atoms with Crippen LogP contribution in [0.2, 0.25) is 0 Å². The van der Waals surface area contributed by atoms with Gasteiger partial charge in [0.1, 0.15) is 5.75 Å². The summed E-state index contributed by atoms with van der Waals surface area (Å²) in [6.07, 6.45) is 8.72. The van der Waals surface area contributed by atoms with Gasteiger partial charge in [0.05, 0.1) is 0 Å². The van der Waals surface area contributed by atoms with Gasteiger partial charge in [0.15, 0.2) is 5.60 Å². The maximum Gasteiger partial charge on any atom is 0.266 e. The van der Waals surface area contributed by atoms with Crippen molar-refractivity contribution in [2.45, 2.75) is 77.7 Å². The van der Waals surface area contributed by atoms with Gasteiger partial charge in [-0.2, -0.15) is 0 Å². The Morgan fingerprint density at radius 1 is 1.15 bits per heavy atom. The van der Waals surface area contributed by atoms with E-state index in [-0.39, 0.29) is 5.91 Å². The van der Waals surface area contributed by atoms with Gasteiger partial charge in [-0.1, -0.05) is 51.8 Å². The first-order valence-corrected chi connectivity index (χ1v) is 11.1. The summed E-state index contributed by atoms with van der Waals surface area (Å²) >= 11 is 0. The highest BCUT2D eigenvalue weighted by atomic mass is 16.5. The van der Waals surface area contributed by atoms with Crippen LogP contribution >= 0.6 is 0 Å². The topological polar surface area (TPSA) is 29.5 Å². The lowest BCUT2D eigenvalue weighted by Gasteiger charge is -2.44. The molecule has 1 aliphatic carbocycles. The first-order valence-electron chi connectivity index (χ1n) is 11.1. The van der Waals surface area contributed by atoms with Crippen LogP contribution in [0, 0.1) is 17.8 Å². The molecule has 2 aliphatic rings. The number of likely N-dealkylation sites (tertiary alicyclic amines) is 1. The molecule has 1 saturated heterocycles. The minimum Gasteiger partial charge on any atom is -0.477 e. The summed E-state index contributed by atoms with van der Waals surface area (Å²) in [6.45, 7) is 8.62. The van der Waals surface area contributed by atoms with E-state index in [0.29, 0.717) is 11.8 Å². The van der Waals surface area contributed by atoms with E-state index in [1.54, 1.807) is 0 Å². The first-order chi connectivity index (χ1) is 13.0. The molecule has 0 radical (unpaired) electrons. The van der Waals surface area contributed by atoms with Crippen LogP contribution in [-0.2, 0) is 4.79 Å². The summed E-state index contributed by atoms with van der Waals surface area (Å²) in [5.41, 5.74) is -0.668. The smallest absolute Gasteiger partial charge is 0.266 e. The van der Waals surface area contributed by atoms with Gasteiger partial charge in [-0.15, -0.1) is 0 Å². The number of rotatable bonds is 6. The fourth-order valence-corrected chi connectivity index (χ4v) is 5.09. The molecule has 0 spiro atoms. The molecule has 3 nitrogen and oxygen atoms in total. The highest BCUT2D eigenvalue weighted by Gasteiger charge is 2.47. The predicted octanol–water partition coefficient (Wildman–Crippen LogP) is 5.69. The Morgan fingerprint density at radius 2 is 1.85 bits per heavy atom. The molecule has 0 N–H and O–H groups in total. The van der Waals surface area contributed by atoms with Crippen molar-refractivity contribution in [3.8, 4) is 5.75 Å². The molecular formula is C24H37NO2. The van der Waals surface area contributed by atoms with Crippen molar-refractivity contribution in [2.24, 2.45) is 17.8 Å². The zero-order chi connectivity index (χ0) is 19.3. The molecule has 1 aromatic carbocycles. The number of nitrogens with zero attached hydrogens (tertiary/aromatic N) is 1. The Bertz CT molecular complexity index is 592. The summed E-state index contributed by atoms with van der Waals surface area (Å²) in [4.78, 5) is 15.8. The Hall–Kier alpha value is -1.51. The van der Waals surface area contributed by atoms with Crippen LogP contribution in [0.5, 0.6) is 5.75 Å². The highest BCUT2D eigenvalue weighted by Crippen LogP contribution is 2.40. The van der Waals surface area contributed by atoms with Crippen LogP contribution in [0.1, 0.15) is 72.1 Å². The molecule has 1 aliphatic heterocycles. The van der Waals surface area contributed by atoms with Crippen LogP contribution in [0.15, 0.2) is 30.3 Å². The Balaban J connectivity index is 1.79. The molecule has 3 rings (SSSR count). The van der Waals surface area contributed by atoms with Crippen molar-refractivity contribution < 1.29 is 9.53 Å². The molecule has 3 heteroatoms. The fourth-order valence-electron chi connectivity index (χ4n) is 5.09. The normalized spacial score (nSPS) is 27.0. The number of hydrogen-bond acceptors (Lipinski definition) is 2. The Labute approximate surface area is 165 Å². The van der Waals surface area contributed by atoms with Crippen molar-refractivity contribution in [3.63, 3.8) is 0 Å². The predicted molar refractivity (Wildman–Crippen MR) is 111 cm³/mol. The number of benzene rings is 1. The van der Waals surface area contributed by atoms with Crippen LogP contribution in [-0.4, -0.2) is 29.5 Å². The molecule has 150 valence electrons. The molecule has 1 heterocycles. The minimum atomic E-state index is -0.668. The summed E-state index contributed by atoms with van der Waals surface area (Å²) in [7, 11) is 0. The number of ether oxygens (including phenoxy) is 1. The zero-order valence-corrected chi connectivity index (χ0v) is 17.5. The van der Waals surface area contributed by atoms with Crippen LogP contribution in [0.3, 0.4) is 0 Å². The van der Waals surface area contributed by atoms with Gasteiger partial charge in [0, 0.05) is 13.1 Å². The molecule has 2 unspecified atom stereocenters. The third kappa shape index (κ3) is 5.06. The largest absolute Gasteiger partial charge is 0.477 e. The molecule has 1 saturated carbocycles. The number of amides is 1. The summed E-state index contributed by atoms with van der Waals surface area (Å²) in [6, 6.07) is 9.97. The molecule has 1 amide bonds. The van der Waals surface area contributed by atoms with Crippen molar-refractivity contribution in [1.29, 1.82) is 0 Å². The number of para-hydroxylation sites is 1. The van der Waals surface area contributed by atoms with E-state index in [1.165, 1.54) is 19.3 Å². The van der Waals surface area contributed by atoms with Crippen LogP contribution in [0.25, 0.3) is 0 Å². The quantitative estimate of drug-likeness (QED) is 0.643. The van der Waals surface area contributed by atoms with Crippen LogP contribution in [0.4, 0.5) is 0 Å². The number of hydrogen-bond donors (Lipinski definition) is 0. The average molecular weight is 372 g/mol. The third-order valence-electron chi connectivity index (χ3n) is 6.54. The van der Waals surface area contributed by atoms with Gasteiger partial charge >= 0.3 is 0 Å². The number of carbonyl (C=O) groups is 1. The van der Waals surface area contributed by atoms with Crippen molar-refractivity contribution >= 4 is 5.91 Å². The first kappa shape index (κ1) is 20.2. The monoisotopic (exact) mass is 371 g/mol. The summed E-state index contributed by atoms with van der Waals surface area (Å²) in [5.74, 6) is 3.10. The molecular weight excluding hydrogens is 334 g/mol. The second-order valence-electron chi connectivity index (χ2n) is 9.15. The van der Waals surface area contributed by atoms with E-state index >= 15 is 0 Å². The fraction of sp³-hybridized carbons (Fsp3) is 0.708. The minimum absolute atomic E-state index is 0.245. The number of piperidine rings is 1. The zero-order valence-electron chi connectivity index (χ0n) is 17.5. The molecule has 0 aromatic heterocycles. The van der Waals surface area contributed by atoms with Gasteiger partial charge in [0.2, 0.25) is 0 Å². The van der Waals surface area contributed by atoms with Crippen LogP contribution < -0.4 is 4.74 Å². The second kappa shape index (κ2) is 9.12. The Morgan fingerprint density at radius 3 is 2.48 bits per heavy atom. The lowest BCUT2D eigenvalue weighted by Crippen LogP contribution is -2.56. The third-order valence-corrected chi connectivity index (χ3v) is 6.54. The second-order valence-corrected chi connectivity index (χ2v) is 9.15. The van der Waals surface area contributed by atoms with Crippen molar-refractivity contribution in [2.75, 3.05) is 13.1 Å². The summed E-state index contributed by atoms with van der Waals surface area (Å²) in [5, 5.41) is 0. The maximum absolute atomic E-state index is 13.7.